The average Bonchev–Trinajstić information content (AvgIpc) is 3.59. The number of amidine groups is 1. The molecule has 1 amide bonds. The Bertz CT molecular complexity index is 1740. The first-order chi connectivity index (χ1) is 22.3. The number of esters is 3. The molecule has 3 atom stereocenters. The zero-order chi connectivity index (χ0) is 32.4. The van der Waals surface area contributed by atoms with E-state index in [2.05, 4.69) is 0 Å². The van der Waals surface area contributed by atoms with Gasteiger partial charge in [0.15, 0.2) is 5.70 Å². The molecule has 236 valence electrons. The van der Waals surface area contributed by atoms with Crippen molar-refractivity contribution in [3.8, 4) is 0 Å². The summed E-state index contributed by atoms with van der Waals surface area (Å²) in [5.74, 6) is -2.74. The summed E-state index contributed by atoms with van der Waals surface area (Å²) in [6.07, 6.45) is 0.0326. The van der Waals surface area contributed by atoms with Gasteiger partial charge in [-0.2, -0.15) is 0 Å². The van der Waals surface area contributed by atoms with E-state index in [4.69, 9.17) is 23.9 Å². The van der Waals surface area contributed by atoms with E-state index in [0.717, 1.165) is 22.4 Å². The first-order valence-electron chi connectivity index (χ1n) is 14.8. The Kier molecular flexibility index (Phi) is 8.42. The summed E-state index contributed by atoms with van der Waals surface area (Å²) in [7, 11) is 3.66. The minimum Gasteiger partial charge on any atom is -0.467 e. The highest BCUT2D eigenvalue weighted by molar-refractivity contribution is 6.17. The molecule has 6 rings (SSSR count). The SMILES string of the molecule is COC(=O)C1=C(C(=O)OC)[C@@H]2N(Cc3ccccc3)c3ccccc3[C@@]23C[C@@H](C(=O)OC)N(C(=O)COCc2ccccc2)C3=N1. The van der Waals surface area contributed by atoms with Crippen LogP contribution in [0.4, 0.5) is 5.69 Å². The topological polar surface area (TPSA) is 124 Å². The monoisotopic (exact) mass is 623 g/mol. The number of nitrogens with zero attached hydrogens (tertiary/aromatic N) is 3. The molecule has 0 N–H and O–H groups in total. The van der Waals surface area contributed by atoms with Gasteiger partial charge in [0, 0.05) is 12.2 Å². The van der Waals surface area contributed by atoms with E-state index in [-0.39, 0.29) is 36.7 Å². The highest BCUT2D eigenvalue weighted by Crippen LogP contribution is 2.58. The lowest BCUT2D eigenvalue weighted by Crippen LogP contribution is -2.56. The van der Waals surface area contributed by atoms with Crippen LogP contribution < -0.4 is 4.90 Å². The van der Waals surface area contributed by atoms with Crippen LogP contribution >= 0.6 is 0 Å². The van der Waals surface area contributed by atoms with Gasteiger partial charge in [0.2, 0.25) is 0 Å². The van der Waals surface area contributed by atoms with Crippen LogP contribution in [-0.2, 0) is 56.7 Å². The normalized spacial score (nSPS) is 21.2. The number of aliphatic imine (C=N–C) groups is 1. The fourth-order valence-electron chi connectivity index (χ4n) is 6.86. The summed E-state index contributed by atoms with van der Waals surface area (Å²) in [5.41, 5.74) is 1.76. The van der Waals surface area contributed by atoms with Crippen LogP contribution in [0.15, 0.2) is 101 Å². The number of ether oxygens (including phenoxy) is 4. The number of amides is 1. The highest BCUT2D eigenvalue weighted by Gasteiger charge is 2.67. The van der Waals surface area contributed by atoms with Crippen molar-refractivity contribution in [2.24, 2.45) is 4.99 Å². The van der Waals surface area contributed by atoms with E-state index in [1.807, 2.05) is 89.8 Å². The fraction of sp³-hybridized carbons (Fsp3) is 0.286. The van der Waals surface area contributed by atoms with Gasteiger partial charge >= 0.3 is 17.9 Å². The number of carbonyl (C=O) groups is 4. The molecule has 3 aliphatic heterocycles. The zero-order valence-electron chi connectivity index (χ0n) is 25.7. The number of rotatable bonds is 9. The molecular weight excluding hydrogens is 590 g/mol. The van der Waals surface area contributed by atoms with E-state index in [1.54, 1.807) is 0 Å². The van der Waals surface area contributed by atoms with Crippen molar-refractivity contribution in [1.82, 2.24) is 4.90 Å². The largest absolute Gasteiger partial charge is 0.467 e. The number of carbonyl (C=O) groups excluding carboxylic acids is 4. The molecule has 3 aliphatic rings. The second-order valence-electron chi connectivity index (χ2n) is 11.2. The van der Waals surface area contributed by atoms with Gasteiger partial charge in [-0.05, 0) is 29.2 Å². The summed E-state index contributed by atoms with van der Waals surface area (Å²) < 4.78 is 21.3. The molecule has 0 radical (unpaired) electrons. The summed E-state index contributed by atoms with van der Waals surface area (Å²) in [4.78, 5) is 62.5. The van der Waals surface area contributed by atoms with Crippen molar-refractivity contribution in [1.29, 1.82) is 0 Å². The van der Waals surface area contributed by atoms with Gasteiger partial charge in [-0.3, -0.25) is 9.69 Å². The minimum atomic E-state index is -1.22. The molecule has 1 fully saturated rings. The first-order valence-corrected chi connectivity index (χ1v) is 14.8. The van der Waals surface area contributed by atoms with Gasteiger partial charge in [-0.25, -0.2) is 19.4 Å². The number of para-hydroxylation sites is 1. The van der Waals surface area contributed by atoms with Crippen LogP contribution in [-0.4, -0.2) is 74.6 Å². The lowest BCUT2D eigenvalue weighted by Gasteiger charge is -2.40. The Balaban J connectivity index is 1.54. The predicted octanol–water partition coefficient (Wildman–Crippen LogP) is 3.32. The van der Waals surface area contributed by atoms with Crippen molar-refractivity contribution in [3.05, 3.63) is 113 Å². The van der Waals surface area contributed by atoms with Crippen molar-refractivity contribution in [2.75, 3.05) is 32.8 Å². The van der Waals surface area contributed by atoms with Crippen LogP contribution in [0.1, 0.15) is 23.1 Å². The van der Waals surface area contributed by atoms with E-state index in [9.17, 15) is 19.2 Å². The Morgan fingerprint density at radius 3 is 2.09 bits per heavy atom. The summed E-state index contributed by atoms with van der Waals surface area (Å²) >= 11 is 0. The smallest absolute Gasteiger partial charge is 0.357 e. The number of hydrogen-bond donors (Lipinski definition) is 0. The number of fused-ring (bicyclic) bond motifs is 1. The van der Waals surface area contributed by atoms with Crippen molar-refractivity contribution in [2.45, 2.75) is 37.1 Å². The molecule has 11 heteroatoms. The third kappa shape index (κ3) is 5.02. The van der Waals surface area contributed by atoms with Crippen LogP contribution in [0.2, 0.25) is 0 Å². The maximum atomic E-state index is 14.1. The van der Waals surface area contributed by atoms with Gasteiger partial charge in [0.05, 0.1) is 45.0 Å². The Morgan fingerprint density at radius 2 is 1.43 bits per heavy atom. The van der Waals surface area contributed by atoms with E-state index in [0.29, 0.717) is 6.54 Å². The van der Waals surface area contributed by atoms with Gasteiger partial charge in [-0.1, -0.05) is 78.9 Å². The highest BCUT2D eigenvalue weighted by atomic mass is 16.5. The van der Waals surface area contributed by atoms with Crippen molar-refractivity contribution >= 4 is 35.3 Å². The Hall–Kier alpha value is -5.29. The van der Waals surface area contributed by atoms with E-state index >= 15 is 0 Å². The Morgan fingerprint density at radius 1 is 0.804 bits per heavy atom. The molecule has 0 unspecified atom stereocenters. The molecule has 46 heavy (non-hydrogen) atoms. The molecule has 0 aromatic heterocycles. The Labute approximate surface area is 266 Å². The minimum absolute atomic E-state index is 0.0246. The number of methoxy groups -OCH3 is 3. The van der Waals surface area contributed by atoms with Gasteiger partial charge in [0.1, 0.15) is 18.5 Å². The second-order valence-corrected chi connectivity index (χ2v) is 11.2. The fourth-order valence-corrected chi connectivity index (χ4v) is 6.86. The summed E-state index contributed by atoms with van der Waals surface area (Å²) in [6.45, 7) is 0.124. The number of benzene rings is 3. The summed E-state index contributed by atoms with van der Waals surface area (Å²) in [5, 5.41) is 0. The maximum Gasteiger partial charge on any atom is 0.357 e. The van der Waals surface area contributed by atoms with E-state index in [1.165, 1.54) is 26.2 Å². The quantitative estimate of drug-likeness (QED) is 0.261. The predicted molar refractivity (Wildman–Crippen MR) is 166 cm³/mol. The number of anilines is 1. The van der Waals surface area contributed by atoms with Crippen LogP contribution in [0.25, 0.3) is 0 Å². The molecule has 11 nitrogen and oxygen atoms in total. The van der Waals surface area contributed by atoms with Gasteiger partial charge < -0.3 is 23.8 Å². The molecule has 3 aromatic rings. The maximum absolute atomic E-state index is 14.1. The van der Waals surface area contributed by atoms with Crippen LogP contribution in [0, 0.1) is 0 Å². The second kappa shape index (κ2) is 12.6. The molecule has 1 spiro atoms. The summed E-state index contributed by atoms with van der Waals surface area (Å²) in [6, 6.07) is 24.5. The third-order valence-electron chi connectivity index (χ3n) is 8.73. The van der Waals surface area contributed by atoms with Crippen molar-refractivity contribution < 1.29 is 38.1 Å². The molecule has 0 bridgehead atoms. The lowest BCUT2D eigenvalue weighted by atomic mass is 9.69. The standard InChI is InChI=1S/C35H33N3O8/c1-43-31(40)26-18-35-24-16-10-11-17-25(24)37(19-22-12-6-4-7-13-22)30(35)28(32(41)44-2)29(33(42)45-3)36-34(35)38(26)27(39)21-46-20-23-14-8-5-9-15-23/h4-17,26,30H,18-21H2,1-3H3/t26-,30-,35-/m0/s1. The molecular formula is C35H33N3O8. The molecule has 3 heterocycles. The van der Waals surface area contributed by atoms with Gasteiger partial charge in [0.25, 0.3) is 5.91 Å². The van der Waals surface area contributed by atoms with E-state index < -0.39 is 41.3 Å². The first kappa shape index (κ1) is 30.7. The number of likely N-dealkylation sites (tertiary alicyclic amines) is 1. The average molecular weight is 624 g/mol. The van der Waals surface area contributed by atoms with Gasteiger partial charge in [-0.15, -0.1) is 0 Å². The lowest BCUT2D eigenvalue weighted by molar-refractivity contribution is -0.150. The molecule has 3 aromatic carbocycles. The molecule has 1 saturated heterocycles. The van der Waals surface area contributed by atoms with Crippen LogP contribution in [0.5, 0.6) is 0 Å². The third-order valence-corrected chi connectivity index (χ3v) is 8.73. The van der Waals surface area contributed by atoms with Crippen LogP contribution in [0.3, 0.4) is 0 Å². The van der Waals surface area contributed by atoms with Crippen molar-refractivity contribution in [3.63, 3.8) is 0 Å². The number of hydrogen-bond acceptors (Lipinski definition) is 10. The molecule has 0 saturated carbocycles. The zero-order valence-corrected chi connectivity index (χ0v) is 25.7. The molecule has 0 aliphatic carbocycles.